The molecule has 2 aliphatic rings. The van der Waals surface area contributed by atoms with Crippen LogP contribution < -0.4 is 16.0 Å². The Bertz CT molecular complexity index is 772. The lowest BCUT2D eigenvalue weighted by Gasteiger charge is -2.16. The van der Waals surface area contributed by atoms with Crippen LogP contribution in [0.2, 0.25) is 0 Å². The van der Waals surface area contributed by atoms with Crippen molar-refractivity contribution in [3.63, 3.8) is 0 Å². The van der Waals surface area contributed by atoms with Gasteiger partial charge in [0.2, 0.25) is 10.8 Å². The highest BCUT2D eigenvalue weighted by molar-refractivity contribution is 14.1. The molecule has 0 saturated heterocycles. The summed E-state index contributed by atoms with van der Waals surface area (Å²) in [6, 6.07) is 0. The molecule has 1 radical (unpaired) electrons. The molecule has 2 atom stereocenters. The number of rotatable bonds is 15. The van der Waals surface area contributed by atoms with Crippen molar-refractivity contribution in [1.29, 1.82) is 0 Å². The third kappa shape index (κ3) is 8.42. The second kappa shape index (κ2) is 14.4. The summed E-state index contributed by atoms with van der Waals surface area (Å²) in [6.07, 6.45) is 2.84. The van der Waals surface area contributed by atoms with Gasteiger partial charge in [0, 0.05) is 75.3 Å². The molecule has 0 aliphatic carbocycles. The van der Waals surface area contributed by atoms with Crippen LogP contribution in [-0.2, 0) is 19.2 Å². The van der Waals surface area contributed by atoms with Gasteiger partial charge in [0.25, 0.3) is 22.0 Å². The van der Waals surface area contributed by atoms with E-state index in [0.717, 1.165) is 26.2 Å². The van der Waals surface area contributed by atoms with E-state index in [4.69, 9.17) is 0 Å². The van der Waals surface area contributed by atoms with Crippen LogP contribution in [0.4, 0.5) is 0 Å². The van der Waals surface area contributed by atoms with E-state index in [2.05, 4.69) is 69.8 Å². The lowest BCUT2D eigenvalue weighted by atomic mass is 9.94. The molecular formula is C16H24B2I2N5O4P2. The molecule has 9 nitrogen and oxygen atoms in total. The van der Waals surface area contributed by atoms with E-state index in [9.17, 15) is 19.2 Å². The molecule has 4 amide bonds. The summed E-state index contributed by atoms with van der Waals surface area (Å²) in [5.74, 6) is -0.875. The third-order valence-electron chi connectivity index (χ3n) is 4.54. The summed E-state index contributed by atoms with van der Waals surface area (Å²) in [7, 11) is 2.78. The Labute approximate surface area is 214 Å². The standard InChI is InChI=1S/C16H24B2I2N5O4P2/c19-17-31-12-10-14(27)25(16(12)29)8-6-23-4-2-21-1-3-22-5-7-24-13(26)9-11(15(24)28)18(20)30/h9-10,21-23,31H,1-8,30H2. The van der Waals surface area contributed by atoms with Crippen LogP contribution in [0.15, 0.2) is 22.9 Å². The zero-order chi connectivity index (χ0) is 22.8. The quantitative estimate of drug-likeness (QED) is 0.0687. The molecule has 15 heteroatoms. The number of carbonyl (C=O) groups is 4. The maximum absolute atomic E-state index is 12.1. The predicted octanol–water partition coefficient (Wildman–Crippen LogP) is -0.712. The average Bonchev–Trinajstić information content (AvgIpc) is 3.16. The molecule has 2 heterocycles. The first-order chi connectivity index (χ1) is 14.9. The molecule has 0 aromatic carbocycles. The number of nitrogens with one attached hydrogen (secondary N) is 3. The van der Waals surface area contributed by atoms with Crippen molar-refractivity contribution in [1.82, 2.24) is 25.8 Å². The summed E-state index contributed by atoms with van der Waals surface area (Å²) in [6.45, 7) is 4.76. The van der Waals surface area contributed by atoms with Crippen LogP contribution in [0.25, 0.3) is 0 Å². The smallest absolute Gasteiger partial charge is 0.278 e. The molecule has 2 rings (SSSR count). The fraction of sp³-hybridized carbons (Fsp3) is 0.500. The third-order valence-corrected chi connectivity index (χ3v) is 7.28. The number of nitrogens with zero attached hydrogens (tertiary/aromatic N) is 2. The van der Waals surface area contributed by atoms with E-state index in [1.165, 1.54) is 22.0 Å². The zero-order valence-corrected chi connectivity index (χ0v) is 23.3. The summed E-state index contributed by atoms with van der Waals surface area (Å²) >= 11 is 4.18. The fourth-order valence-electron chi connectivity index (χ4n) is 2.93. The highest BCUT2D eigenvalue weighted by Gasteiger charge is 2.33. The topological polar surface area (TPSA) is 111 Å². The van der Waals surface area contributed by atoms with Gasteiger partial charge in [0.1, 0.15) is 0 Å². The normalized spacial score (nSPS) is 16.7. The molecule has 0 saturated carbocycles. The van der Waals surface area contributed by atoms with Gasteiger partial charge in [-0.15, -0.1) is 30.8 Å². The summed E-state index contributed by atoms with van der Waals surface area (Å²) in [4.78, 5) is 52.4. The molecule has 2 aliphatic heterocycles. The lowest BCUT2D eigenvalue weighted by molar-refractivity contribution is -0.138. The summed E-state index contributed by atoms with van der Waals surface area (Å²) < 4.78 is -0.0602. The molecule has 3 N–H and O–H groups in total. The van der Waals surface area contributed by atoms with Crippen molar-refractivity contribution in [3.8, 4) is 0 Å². The predicted molar refractivity (Wildman–Crippen MR) is 146 cm³/mol. The number of carbonyl (C=O) groups excluding carboxylic acids is 4. The van der Waals surface area contributed by atoms with Gasteiger partial charge in [-0.05, 0) is 0 Å². The zero-order valence-electron chi connectivity index (χ0n) is 16.8. The van der Waals surface area contributed by atoms with E-state index in [1.54, 1.807) is 0 Å². The Balaban J connectivity index is 1.45. The van der Waals surface area contributed by atoms with Crippen LogP contribution in [0.1, 0.15) is 0 Å². The minimum Gasteiger partial charge on any atom is -0.314 e. The van der Waals surface area contributed by atoms with Crippen LogP contribution in [0, 0.1) is 0 Å². The van der Waals surface area contributed by atoms with E-state index in [0.29, 0.717) is 37.0 Å². The largest absolute Gasteiger partial charge is 0.314 e. The van der Waals surface area contributed by atoms with Crippen LogP contribution in [0.3, 0.4) is 0 Å². The van der Waals surface area contributed by atoms with Gasteiger partial charge in [0.15, 0.2) is 0 Å². The Hall–Kier alpha value is 0.0899. The van der Waals surface area contributed by atoms with E-state index in [1.807, 2.05) is 4.86 Å². The second-order valence-electron chi connectivity index (χ2n) is 6.65. The minimum absolute atomic E-state index is 0.0602. The maximum atomic E-state index is 12.1. The van der Waals surface area contributed by atoms with Crippen molar-refractivity contribution < 1.29 is 19.2 Å². The SMILES string of the molecule is O=C1C=C(P[B]I)C(=O)N1CCNCCNCCNCCN1C(=O)C=C(B(P)I)C1=O. The maximum Gasteiger partial charge on any atom is 0.278 e. The van der Waals surface area contributed by atoms with Crippen LogP contribution >= 0.6 is 62.3 Å². The molecule has 0 bridgehead atoms. The number of imide groups is 2. The van der Waals surface area contributed by atoms with Crippen LogP contribution in [-0.4, -0.2) is 94.9 Å². The molecule has 167 valence electrons. The molecule has 2 unspecified atom stereocenters. The lowest BCUT2D eigenvalue weighted by Crippen LogP contribution is -2.40. The first-order valence-corrected chi connectivity index (χ1v) is 14.0. The van der Waals surface area contributed by atoms with Crippen molar-refractivity contribution >= 4 is 95.1 Å². The van der Waals surface area contributed by atoms with E-state index < -0.39 is 0 Å². The van der Waals surface area contributed by atoms with Gasteiger partial charge in [-0.3, -0.25) is 29.0 Å². The summed E-state index contributed by atoms with van der Waals surface area (Å²) in [5.41, 5.74) is 0.527. The first kappa shape index (κ1) is 27.3. The molecule has 0 aromatic rings. The molecule has 0 aromatic heterocycles. The Morgan fingerprint density at radius 1 is 0.871 bits per heavy atom. The number of hydrogen-bond donors (Lipinski definition) is 3. The number of hydrogen-bond acceptors (Lipinski definition) is 7. The molecule has 0 spiro atoms. The van der Waals surface area contributed by atoms with Gasteiger partial charge in [-0.2, -0.15) is 31.5 Å². The Morgan fingerprint density at radius 3 is 1.84 bits per heavy atom. The van der Waals surface area contributed by atoms with Gasteiger partial charge < -0.3 is 16.0 Å². The fourth-order valence-corrected chi connectivity index (χ4v) is 5.20. The number of halogens is 2. The van der Waals surface area contributed by atoms with Gasteiger partial charge in [-0.1, -0.05) is 0 Å². The minimum atomic E-state index is -0.247. The molecule has 0 fully saturated rings. The Morgan fingerprint density at radius 2 is 1.35 bits per heavy atom. The van der Waals surface area contributed by atoms with Crippen molar-refractivity contribution in [2.75, 3.05) is 52.4 Å². The van der Waals surface area contributed by atoms with Gasteiger partial charge >= 0.3 is 0 Å². The monoisotopic (exact) mass is 688 g/mol. The highest BCUT2D eigenvalue weighted by Crippen LogP contribution is 2.29. The highest BCUT2D eigenvalue weighted by atomic mass is 127. The van der Waals surface area contributed by atoms with Crippen molar-refractivity contribution in [3.05, 3.63) is 22.9 Å². The van der Waals surface area contributed by atoms with E-state index >= 15 is 0 Å². The Kier molecular flexibility index (Phi) is 12.7. The molecule has 31 heavy (non-hydrogen) atoms. The van der Waals surface area contributed by atoms with E-state index in [-0.39, 0.29) is 36.4 Å². The summed E-state index contributed by atoms with van der Waals surface area (Å²) in [5, 5.41) is 10.3. The van der Waals surface area contributed by atoms with Gasteiger partial charge in [0.05, 0.1) is 0 Å². The van der Waals surface area contributed by atoms with Crippen LogP contribution in [0.5, 0.6) is 0 Å². The van der Waals surface area contributed by atoms with Gasteiger partial charge in [-0.25, -0.2) is 0 Å². The second-order valence-corrected chi connectivity index (χ2v) is 12.9. The van der Waals surface area contributed by atoms with Crippen molar-refractivity contribution in [2.24, 2.45) is 0 Å². The first-order valence-electron chi connectivity index (χ1n) is 9.72. The molecular weight excluding hydrogens is 664 g/mol. The number of amides is 4. The van der Waals surface area contributed by atoms with Crippen molar-refractivity contribution in [2.45, 2.75) is 0 Å². The average molecular weight is 688 g/mol.